The summed E-state index contributed by atoms with van der Waals surface area (Å²) in [5, 5.41) is 9.44. The van der Waals surface area contributed by atoms with Gasteiger partial charge in [0.15, 0.2) is 0 Å². The lowest BCUT2D eigenvalue weighted by atomic mass is 9.78. The van der Waals surface area contributed by atoms with Crippen molar-refractivity contribution in [2.75, 3.05) is 13.2 Å². The van der Waals surface area contributed by atoms with Crippen LogP contribution in [0, 0.1) is 0 Å². The molecule has 2 nitrogen and oxygen atoms in total. The molecule has 0 aliphatic heterocycles. The van der Waals surface area contributed by atoms with Gasteiger partial charge in [0.25, 0.3) is 0 Å². The second kappa shape index (κ2) is 15.1. The van der Waals surface area contributed by atoms with Crippen molar-refractivity contribution in [3.63, 3.8) is 0 Å². The van der Waals surface area contributed by atoms with Crippen molar-refractivity contribution in [3.8, 4) is 11.5 Å². The van der Waals surface area contributed by atoms with E-state index >= 15 is 0 Å². The Morgan fingerprint density at radius 3 is 1.13 bits per heavy atom. The molecule has 0 radical (unpaired) electrons. The highest BCUT2D eigenvalue weighted by molar-refractivity contribution is 6.90. The molecule has 45 heavy (non-hydrogen) atoms. The van der Waals surface area contributed by atoms with E-state index in [2.05, 4.69) is 125 Å². The van der Waals surface area contributed by atoms with Crippen molar-refractivity contribution in [3.05, 3.63) is 96.1 Å². The average Bonchev–Trinajstić information content (AvgIpc) is 2.97. The molecule has 0 N–H and O–H groups in total. The molecule has 0 saturated heterocycles. The Morgan fingerprint density at radius 2 is 0.822 bits per heavy atom. The third kappa shape index (κ3) is 9.89. The maximum atomic E-state index is 6.20. The predicted molar refractivity (Wildman–Crippen MR) is 220 cm³/mol. The van der Waals surface area contributed by atoms with Gasteiger partial charge < -0.3 is 9.47 Å². The molecular weight excluding hydrogens is 645 g/mol. The zero-order valence-corrected chi connectivity index (χ0v) is 39.6. The van der Waals surface area contributed by atoms with E-state index in [9.17, 15) is 0 Å². The summed E-state index contributed by atoms with van der Waals surface area (Å²) in [6, 6.07) is 34.7. The molecule has 0 bridgehead atoms. The van der Waals surface area contributed by atoms with E-state index in [1.807, 2.05) is 0 Å². The Bertz CT molecular complexity index is 1410. The fraction of sp³-hybridized carbons (Fsp3) is 0.351. The lowest BCUT2D eigenvalue weighted by molar-refractivity contribution is 0.316. The summed E-state index contributed by atoms with van der Waals surface area (Å²) in [5.41, 5.74) is 2.49. The average molecular weight is 701 g/mol. The van der Waals surface area contributed by atoms with Crippen molar-refractivity contribution < 1.29 is 9.47 Å². The molecule has 0 spiro atoms. The number of hydrogen-bond acceptors (Lipinski definition) is 2. The molecule has 240 valence electrons. The fourth-order valence-corrected chi connectivity index (χ4v) is 17.0. The Kier molecular flexibility index (Phi) is 12.0. The number of hydrogen-bond donors (Lipinski definition) is 0. The fourth-order valence-electron chi connectivity index (χ4n) is 6.53. The normalized spacial score (nSPS) is 12.6. The highest BCUT2D eigenvalue weighted by Gasteiger charge is 2.25. The smallest absolute Gasteiger partial charge is 0.119 e. The highest BCUT2D eigenvalue weighted by Crippen LogP contribution is 2.33. The first-order valence-electron chi connectivity index (χ1n) is 16.8. The van der Waals surface area contributed by atoms with Crippen molar-refractivity contribution in [1.29, 1.82) is 0 Å². The summed E-state index contributed by atoms with van der Waals surface area (Å²) in [4.78, 5) is 0. The van der Waals surface area contributed by atoms with Gasteiger partial charge in [0.1, 0.15) is 11.5 Å². The van der Waals surface area contributed by atoms with Crippen molar-refractivity contribution in [2.24, 2.45) is 0 Å². The van der Waals surface area contributed by atoms with E-state index < -0.39 is 16.1 Å². The number of rotatable bonds is 14. The van der Waals surface area contributed by atoms with Crippen LogP contribution in [0.4, 0.5) is 0 Å². The van der Waals surface area contributed by atoms with Gasteiger partial charge in [-0.3, -0.25) is 0 Å². The molecule has 0 aliphatic carbocycles. The van der Waals surface area contributed by atoms with Crippen LogP contribution in [-0.2, 0) is 5.41 Å². The predicted octanol–water partition coefficient (Wildman–Crippen LogP) is 0.744. The SMILES string of the molecule is CC(C)(c1ccc(OCCC[Si](C)(C)c2cc([SiH3])cc([SiH3])c2)cc1)c1ccc(OCCC[Si](C)(C)c2cc([SiH3])cc([SiH3])c2)cc1. The summed E-state index contributed by atoms with van der Waals surface area (Å²) in [5.74, 6) is 1.93. The first-order valence-corrected chi connectivity index (χ1v) is 27.2. The van der Waals surface area contributed by atoms with Crippen molar-refractivity contribution in [2.45, 2.75) is 70.4 Å². The Labute approximate surface area is 287 Å². The molecule has 0 fully saturated rings. The standard InChI is InChI=1S/C37H56O2Si6/c1-37(2,27-9-13-29(14-10-27)38-17-7-19-44(3,4)35-23-31(40)21-32(41)24-35)28-11-15-30(16-12-28)39-18-8-20-45(5,6)36-25-33(42)22-34(43)26-36/h9-16,21-26H,7-8,17-20H2,1-6,40-43H3. The zero-order chi connectivity index (χ0) is 32.8. The molecule has 0 saturated carbocycles. The minimum atomic E-state index is -1.43. The zero-order valence-electron chi connectivity index (χ0n) is 29.6. The van der Waals surface area contributed by atoms with Crippen LogP contribution in [0.25, 0.3) is 0 Å². The quantitative estimate of drug-likeness (QED) is 0.143. The van der Waals surface area contributed by atoms with E-state index in [-0.39, 0.29) is 5.41 Å². The molecule has 0 heterocycles. The lowest BCUT2D eigenvalue weighted by Gasteiger charge is -2.27. The molecule has 4 aromatic carbocycles. The van der Waals surface area contributed by atoms with Crippen LogP contribution in [0.5, 0.6) is 11.5 Å². The van der Waals surface area contributed by atoms with Gasteiger partial charge in [0, 0.05) is 46.4 Å². The van der Waals surface area contributed by atoms with Crippen molar-refractivity contribution >= 4 is 88.2 Å². The summed E-state index contributed by atoms with van der Waals surface area (Å²) in [6.45, 7) is 16.2. The molecule has 0 aromatic heterocycles. The molecule has 4 aromatic rings. The van der Waals surface area contributed by atoms with Crippen LogP contribution in [-0.4, -0.2) is 70.3 Å². The second-order valence-corrected chi connectivity index (χ2v) is 29.4. The Morgan fingerprint density at radius 1 is 0.511 bits per heavy atom. The summed E-state index contributed by atoms with van der Waals surface area (Å²) in [6.07, 6.45) is 2.22. The van der Waals surface area contributed by atoms with E-state index in [4.69, 9.17) is 9.47 Å². The molecule has 8 heteroatoms. The van der Waals surface area contributed by atoms with Crippen LogP contribution >= 0.6 is 0 Å². The van der Waals surface area contributed by atoms with Crippen molar-refractivity contribution in [1.82, 2.24) is 0 Å². The van der Waals surface area contributed by atoms with E-state index in [0.29, 0.717) is 0 Å². The molecule has 0 atom stereocenters. The Hall–Kier alpha value is -2.22. The van der Waals surface area contributed by atoms with Gasteiger partial charge in [-0.25, -0.2) is 0 Å². The van der Waals surface area contributed by atoms with Crippen LogP contribution in [0.3, 0.4) is 0 Å². The largest absolute Gasteiger partial charge is 0.494 e. The van der Waals surface area contributed by atoms with Crippen LogP contribution in [0.1, 0.15) is 37.8 Å². The molecule has 0 amide bonds. The maximum absolute atomic E-state index is 6.20. The van der Waals surface area contributed by atoms with Crippen LogP contribution in [0.2, 0.25) is 38.3 Å². The molecular formula is C37H56O2Si6. The van der Waals surface area contributed by atoms with Gasteiger partial charge in [-0.15, -0.1) is 0 Å². The third-order valence-electron chi connectivity index (χ3n) is 9.59. The monoisotopic (exact) mass is 700 g/mol. The van der Waals surface area contributed by atoms with E-state index in [1.165, 1.54) is 23.2 Å². The second-order valence-electron chi connectivity index (χ2n) is 15.1. The first kappa shape index (κ1) is 35.6. The minimum absolute atomic E-state index is 0.0996. The third-order valence-corrected chi connectivity index (χ3v) is 18.8. The van der Waals surface area contributed by atoms with Gasteiger partial charge in [-0.05, 0) is 48.2 Å². The molecule has 0 unspecified atom stereocenters. The van der Waals surface area contributed by atoms with Gasteiger partial charge >= 0.3 is 0 Å². The Balaban J connectivity index is 1.25. The molecule has 0 aliphatic rings. The summed E-state index contributed by atoms with van der Waals surface area (Å²) < 4.78 is 12.4. The highest BCUT2D eigenvalue weighted by atomic mass is 28.3. The van der Waals surface area contributed by atoms with E-state index in [0.717, 1.165) is 78.5 Å². The summed E-state index contributed by atoms with van der Waals surface area (Å²) in [7, 11) is 1.70. The van der Waals surface area contributed by atoms with Crippen LogP contribution < -0.4 is 40.6 Å². The van der Waals surface area contributed by atoms with E-state index in [1.54, 1.807) is 31.1 Å². The topological polar surface area (TPSA) is 18.5 Å². The van der Waals surface area contributed by atoms with Gasteiger partial charge in [0.05, 0.1) is 29.4 Å². The summed E-state index contributed by atoms with van der Waals surface area (Å²) >= 11 is 0. The van der Waals surface area contributed by atoms with Gasteiger partial charge in [-0.2, -0.15) is 0 Å². The minimum Gasteiger partial charge on any atom is -0.494 e. The van der Waals surface area contributed by atoms with Gasteiger partial charge in [-0.1, -0.05) is 144 Å². The molecule has 4 rings (SSSR count). The van der Waals surface area contributed by atoms with Gasteiger partial charge in [0.2, 0.25) is 0 Å². The lowest BCUT2D eigenvalue weighted by Crippen LogP contribution is -2.44. The number of ether oxygens (including phenoxy) is 2. The van der Waals surface area contributed by atoms with Crippen LogP contribution in [0.15, 0.2) is 84.9 Å². The number of benzene rings is 4. The maximum Gasteiger partial charge on any atom is 0.119 e. The first-order chi connectivity index (χ1) is 21.2.